The molecule has 1 aromatic rings. The second kappa shape index (κ2) is 7.12. The summed E-state index contributed by atoms with van der Waals surface area (Å²) >= 11 is 3.40. The molecular formula is C17H25BrN2O. The average Bonchev–Trinajstić information content (AvgIpc) is 2.53. The molecule has 0 saturated carbocycles. The topological polar surface area (TPSA) is 26.7 Å². The van der Waals surface area contributed by atoms with Crippen molar-refractivity contribution in [3.05, 3.63) is 28.2 Å². The molecule has 2 aliphatic rings. The Labute approximate surface area is 136 Å². The van der Waals surface area contributed by atoms with Crippen LogP contribution in [0.15, 0.2) is 22.7 Å². The Bertz CT molecular complexity index is 466. The minimum atomic E-state index is 0.322. The molecule has 0 aromatic heterocycles. The van der Waals surface area contributed by atoms with Crippen LogP contribution in [0.4, 0.5) is 0 Å². The molecule has 2 heterocycles. The summed E-state index contributed by atoms with van der Waals surface area (Å²) in [5.74, 6) is 0.322. The molecule has 3 nitrogen and oxygen atoms in total. The number of halogens is 1. The van der Waals surface area contributed by atoms with Gasteiger partial charge in [-0.3, -0.25) is 4.90 Å². The third-order valence-corrected chi connectivity index (χ3v) is 5.52. The molecule has 116 valence electrons. The van der Waals surface area contributed by atoms with Gasteiger partial charge in [0.05, 0.1) is 4.47 Å². The standard InChI is InChI=1S/C17H25BrN2O/c18-16-12-14(4-5-17(16)21)13-19-10-6-15(7-11-19)20-8-2-1-3-9-20/h4-5,12,15,21H,1-3,6-11,13H2. The fraction of sp³-hybridized carbons (Fsp3) is 0.647. The van der Waals surface area contributed by atoms with Crippen molar-refractivity contribution in [2.24, 2.45) is 0 Å². The van der Waals surface area contributed by atoms with Gasteiger partial charge in [0.2, 0.25) is 0 Å². The van der Waals surface area contributed by atoms with Gasteiger partial charge in [-0.05, 0) is 85.5 Å². The SMILES string of the molecule is Oc1ccc(CN2CCC(N3CCCCC3)CC2)cc1Br. The molecule has 1 N–H and O–H groups in total. The maximum Gasteiger partial charge on any atom is 0.129 e. The second-order valence-corrected chi connectivity index (χ2v) is 7.24. The smallest absolute Gasteiger partial charge is 0.129 e. The molecule has 4 heteroatoms. The molecule has 0 amide bonds. The Morgan fingerprint density at radius 3 is 2.43 bits per heavy atom. The lowest BCUT2D eigenvalue weighted by Crippen LogP contribution is -2.46. The van der Waals surface area contributed by atoms with E-state index in [1.54, 1.807) is 6.07 Å². The number of phenolic OH excluding ortho intramolecular Hbond substituents is 1. The van der Waals surface area contributed by atoms with Gasteiger partial charge in [0, 0.05) is 12.6 Å². The van der Waals surface area contributed by atoms with Crippen molar-refractivity contribution in [2.75, 3.05) is 26.2 Å². The van der Waals surface area contributed by atoms with E-state index in [0.717, 1.165) is 17.1 Å². The van der Waals surface area contributed by atoms with Gasteiger partial charge in [0.1, 0.15) is 5.75 Å². The van der Waals surface area contributed by atoms with E-state index in [1.807, 2.05) is 12.1 Å². The van der Waals surface area contributed by atoms with Crippen LogP contribution in [-0.4, -0.2) is 47.1 Å². The Kier molecular flexibility index (Phi) is 5.19. The highest BCUT2D eigenvalue weighted by molar-refractivity contribution is 9.10. The lowest BCUT2D eigenvalue weighted by Gasteiger charge is -2.40. The van der Waals surface area contributed by atoms with Gasteiger partial charge in [-0.15, -0.1) is 0 Å². The van der Waals surface area contributed by atoms with E-state index in [0.29, 0.717) is 5.75 Å². The Morgan fingerprint density at radius 2 is 1.76 bits per heavy atom. The molecule has 2 fully saturated rings. The first kappa shape index (κ1) is 15.3. The third-order valence-electron chi connectivity index (χ3n) is 4.88. The maximum atomic E-state index is 9.56. The second-order valence-electron chi connectivity index (χ2n) is 6.39. The van der Waals surface area contributed by atoms with E-state index in [-0.39, 0.29) is 0 Å². The molecule has 3 rings (SSSR count). The van der Waals surface area contributed by atoms with Crippen molar-refractivity contribution in [2.45, 2.75) is 44.7 Å². The molecule has 0 spiro atoms. The molecule has 2 aliphatic heterocycles. The predicted octanol–water partition coefficient (Wildman–Crippen LogP) is 3.61. The summed E-state index contributed by atoms with van der Waals surface area (Å²) in [4.78, 5) is 5.26. The van der Waals surface area contributed by atoms with E-state index in [4.69, 9.17) is 0 Å². The molecule has 0 unspecified atom stereocenters. The molecule has 21 heavy (non-hydrogen) atoms. The number of benzene rings is 1. The van der Waals surface area contributed by atoms with Gasteiger partial charge < -0.3 is 10.0 Å². The minimum absolute atomic E-state index is 0.322. The first-order valence-corrected chi connectivity index (χ1v) is 8.95. The Balaban J connectivity index is 1.50. The van der Waals surface area contributed by atoms with Gasteiger partial charge in [0.25, 0.3) is 0 Å². The van der Waals surface area contributed by atoms with Crippen LogP contribution in [0, 0.1) is 0 Å². The van der Waals surface area contributed by atoms with Gasteiger partial charge in [-0.2, -0.15) is 0 Å². The van der Waals surface area contributed by atoms with Crippen LogP contribution in [-0.2, 0) is 6.54 Å². The van der Waals surface area contributed by atoms with Crippen LogP contribution in [0.1, 0.15) is 37.7 Å². The largest absolute Gasteiger partial charge is 0.507 e. The van der Waals surface area contributed by atoms with Crippen LogP contribution in [0.3, 0.4) is 0 Å². The summed E-state index contributed by atoms with van der Waals surface area (Å²) in [5.41, 5.74) is 1.27. The Morgan fingerprint density at radius 1 is 1.05 bits per heavy atom. The van der Waals surface area contributed by atoms with Gasteiger partial charge in [-0.1, -0.05) is 12.5 Å². The number of phenols is 1. The van der Waals surface area contributed by atoms with Crippen LogP contribution in [0.5, 0.6) is 5.75 Å². The van der Waals surface area contributed by atoms with Crippen LogP contribution in [0.2, 0.25) is 0 Å². The zero-order chi connectivity index (χ0) is 14.7. The molecule has 1 aromatic carbocycles. The van der Waals surface area contributed by atoms with Crippen LogP contribution in [0.25, 0.3) is 0 Å². The summed E-state index contributed by atoms with van der Waals surface area (Å²) < 4.78 is 0.795. The summed E-state index contributed by atoms with van der Waals surface area (Å²) in [6.07, 6.45) is 6.81. The average molecular weight is 353 g/mol. The van der Waals surface area contributed by atoms with Crippen molar-refractivity contribution in [3.8, 4) is 5.75 Å². The fourth-order valence-corrected chi connectivity index (χ4v) is 4.06. The zero-order valence-corrected chi connectivity index (χ0v) is 14.2. The predicted molar refractivity (Wildman–Crippen MR) is 89.5 cm³/mol. The van der Waals surface area contributed by atoms with Crippen LogP contribution >= 0.6 is 15.9 Å². The number of rotatable bonds is 3. The molecule has 0 radical (unpaired) electrons. The first-order valence-electron chi connectivity index (χ1n) is 8.16. The molecule has 2 saturated heterocycles. The first-order chi connectivity index (χ1) is 10.2. The number of likely N-dealkylation sites (tertiary alicyclic amines) is 2. The number of aromatic hydroxyl groups is 1. The number of piperidine rings is 2. The van der Waals surface area contributed by atoms with Gasteiger partial charge in [0.15, 0.2) is 0 Å². The highest BCUT2D eigenvalue weighted by Crippen LogP contribution is 2.26. The van der Waals surface area contributed by atoms with Crippen molar-refractivity contribution >= 4 is 15.9 Å². The normalized spacial score (nSPS) is 22.5. The lowest BCUT2D eigenvalue weighted by molar-refractivity contribution is 0.0896. The van der Waals surface area contributed by atoms with E-state index >= 15 is 0 Å². The van der Waals surface area contributed by atoms with E-state index in [1.165, 1.54) is 63.8 Å². The van der Waals surface area contributed by atoms with Gasteiger partial charge >= 0.3 is 0 Å². The monoisotopic (exact) mass is 352 g/mol. The molecular weight excluding hydrogens is 328 g/mol. The number of hydrogen-bond donors (Lipinski definition) is 1. The quantitative estimate of drug-likeness (QED) is 0.899. The fourth-order valence-electron chi connectivity index (χ4n) is 3.63. The van der Waals surface area contributed by atoms with E-state index < -0.39 is 0 Å². The highest BCUT2D eigenvalue weighted by atomic mass is 79.9. The summed E-state index contributed by atoms with van der Waals surface area (Å²) in [7, 11) is 0. The summed E-state index contributed by atoms with van der Waals surface area (Å²) in [5, 5.41) is 9.56. The van der Waals surface area contributed by atoms with Crippen molar-refractivity contribution in [1.82, 2.24) is 9.80 Å². The van der Waals surface area contributed by atoms with Gasteiger partial charge in [-0.25, -0.2) is 0 Å². The summed E-state index contributed by atoms with van der Waals surface area (Å²) in [6, 6.07) is 6.65. The summed E-state index contributed by atoms with van der Waals surface area (Å²) in [6.45, 7) is 6.01. The molecule has 0 aliphatic carbocycles. The van der Waals surface area contributed by atoms with Crippen molar-refractivity contribution < 1.29 is 5.11 Å². The number of hydrogen-bond acceptors (Lipinski definition) is 3. The molecule has 0 atom stereocenters. The van der Waals surface area contributed by atoms with E-state index in [9.17, 15) is 5.11 Å². The van der Waals surface area contributed by atoms with Crippen LogP contribution < -0.4 is 0 Å². The Hall–Kier alpha value is -0.580. The maximum absolute atomic E-state index is 9.56. The van der Waals surface area contributed by atoms with Crippen molar-refractivity contribution in [1.29, 1.82) is 0 Å². The number of nitrogens with zero attached hydrogens (tertiary/aromatic N) is 2. The van der Waals surface area contributed by atoms with Crippen molar-refractivity contribution in [3.63, 3.8) is 0 Å². The molecule has 0 bridgehead atoms. The van der Waals surface area contributed by atoms with E-state index in [2.05, 4.69) is 25.7 Å². The minimum Gasteiger partial charge on any atom is -0.507 e. The highest BCUT2D eigenvalue weighted by Gasteiger charge is 2.25. The third kappa shape index (κ3) is 3.99. The zero-order valence-electron chi connectivity index (χ0n) is 12.6. The lowest BCUT2D eigenvalue weighted by atomic mass is 9.99.